The molecule has 1 aliphatic rings. The first-order valence-corrected chi connectivity index (χ1v) is 19.5. The van der Waals surface area contributed by atoms with Gasteiger partial charge in [0, 0.05) is 67.9 Å². The number of piperazine rings is 1. The third-order valence-electron chi connectivity index (χ3n) is 10.1. The first-order valence-electron chi connectivity index (χ1n) is 17.3. The Morgan fingerprint density at radius 3 is 2.12 bits per heavy atom. The quantitative estimate of drug-likeness (QED) is 0.0971. The van der Waals surface area contributed by atoms with Gasteiger partial charge in [0.2, 0.25) is 5.71 Å². The number of furan rings is 1. The van der Waals surface area contributed by atoms with Crippen molar-refractivity contribution >= 4 is 25.1 Å². The van der Waals surface area contributed by atoms with Crippen molar-refractivity contribution in [3.8, 4) is 33.8 Å². The monoisotopic (exact) mass is 668 g/mol. The van der Waals surface area contributed by atoms with E-state index in [2.05, 4.69) is 87.6 Å². The molecule has 2 aromatic carbocycles. The van der Waals surface area contributed by atoms with E-state index in [-0.39, 0.29) is 5.82 Å². The van der Waals surface area contributed by atoms with Crippen LogP contribution in [0.3, 0.4) is 0 Å². The highest BCUT2D eigenvalue weighted by atomic mass is 28.4. The second-order valence-electron chi connectivity index (χ2n) is 14.1. The lowest BCUT2D eigenvalue weighted by molar-refractivity contribution is 0.263. The molecule has 5 aromatic rings. The summed E-state index contributed by atoms with van der Waals surface area (Å²) in [5.41, 5.74) is 7.47. The molecule has 4 heterocycles. The van der Waals surface area contributed by atoms with E-state index in [0.29, 0.717) is 35.5 Å². The Kier molecular flexibility index (Phi) is 10.1. The zero-order valence-corrected chi connectivity index (χ0v) is 30.4. The molecule has 48 heavy (non-hydrogen) atoms. The zero-order valence-electron chi connectivity index (χ0n) is 29.4. The third kappa shape index (κ3) is 6.84. The number of hydrogen-bond acceptors (Lipinski definition) is 7. The van der Waals surface area contributed by atoms with E-state index in [4.69, 9.17) is 18.9 Å². The molecule has 1 fully saturated rings. The SMILES string of the molecule is CC(C)[Si](OCCCn1cc(-c2ncnc3oc(-c4ccc(N5CCN(C)CC5)cc4)cc23)c(-c2ccc(F)cc2)n1)(C(C)C)C(C)C. The van der Waals surface area contributed by atoms with Crippen LogP contribution in [0, 0.1) is 5.82 Å². The summed E-state index contributed by atoms with van der Waals surface area (Å²) in [6, 6.07) is 17.0. The third-order valence-corrected chi connectivity index (χ3v) is 16.2. The number of rotatable bonds is 12. The van der Waals surface area contributed by atoms with E-state index in [9.17, 15) is 4.39 Å². The highest BCUT2D eigenvalue weighted by molar-refractivity contribution is 6.77. The molecule has 0 amide bonds. The molecule has 0 bridgehead atoms. The Morgan fingerprint density at radius 2 is 1.48 bits per heavy atom. The minimum Gasteiger partial charge on any atom is -0.438 e. The zero-order chi connectivity index (χ0) is 34.0. The predicted octanol–water partition coefficient (Wildman–Crippen LogP) is 8.89. The van der Waals surface area contributed by atoms with Crippen LogP contribution in [0.25, 0.3) is 44.9 Å². The molecule has 0 aliphatic carbocycles. The summed E-state index contributed by atoms with van der Waals surface area (Å²) in [6.45, 7) is 19.4. The fourth-order valence-corrected chi connectivity index (χ4v) is 13.1. The van der Waals surface area contributed by atoms with Crippen molar-refractivity contribution in [2.24, 2.45) is 0 Å². The molecule has 0 radical (unpaired) electrons. The maximum atomic E-state index is 13.9. The van der Waals surface area contributed by atoms with Crippen molar-refractivity contribution in [1.29, 1.82) is 0 Å². The second kappa shape index (κ2) is 14.3. The van der Waals surface area contributed by atoms with Crippen molar-refractivity contribution in [2.45, 2.75) is 71.1 Å². The molecule has 0 spiro atoms. The first-order chi connectivity index (χ1) is 23.1. The van der Waals surface area contributed by atoms with Gasteiger partial charge in [0.1, 0.15) is 23.6 Å². The molecule has 3 aromatic heterocycles. The average molecular weight is 669 g/mol. The van der Waals surface area contributed by atoms with E-state index in [1.807, 2.05) is 16.9 Å². The molecule has 254 valence electrons. The van der Waals surface area contributed by atoms with Gasteiger partial charge in [-0.05, 0) is 84.7 Å². The molecule has 0 atom stereocenters. The predicted molar refractivity (Wildman–Crippen MR) is 195 cm³/mol. The van der Waals surface area contributed by atoms with Gasteiger partial charge in [0.25, 0.3) is 0 Å². The van der Waals surface area contributed by atoms with E-state index >= 15 is 0 Å². The Morgan fingerprint density at radius 1 is 0.833 bits per heavy atom. The van der Waals surface area contributed by atoms with E-state index in [0.717, 1.165) is 71.8 Å². The summed E-state index contributed by atoms with van der Waals surface area (Å²) in [5.74, 6) is 0.449. The van der Waals surface area contributed by atoms with Crippen LogP contribution in [0.2, 0.25) is 16.6 Å². The Bertz CT molecular complexity index is 1790. The maximum Gasteiger partial charge on any atom is 0.230 e. The molecule has 0 N–H and O–H groups in total. The summed E-state index contributed by atoms with van der Waals surface area (Å²) in [7, 11) is 0.218. The number of aryl methyl sites for hydroxylation is 1. The van der Waals surface area contributed by atoms with Gasteiger partial charge >= 0.3 is 0 Å². The summed E-state index contributed by atoms with van der Waals surface area (Å²) < 4.78 is 29.0. The van der Waals surface area contributed by atoms with Crippen LogP contribution < -0.4 is 4.90 Å². The lowest BCUT2D eigenvalue weighted by atomic mass is 10.0. The van der Waals surface area contributed by atoms with Gasteiger partial charge in [0.05, 0.1) is 11.1 Å². The van der Waals surface area contributed by atoms with Gasteiger partial charge in [0.15, 0.2) is 8.32 Å². The van der Waals surface area contributed by atoms with Gasteiger partial charge < -0.3 is 18.6 Å². The maximum absolute atomic E-state index is 13.9. The minimum atomic E-state index is -1.95. The molecule has 10 heteroatoms. The lowest BCUT2D eigenvalue weighted by Gasteiger charge is -2.42. The lowest BCUT2D eigenvalue weighted by Crippen LogP contribution is -2.48. The van der Waals surface area contributed by atoms with Gasteiger partial charge in [-0.15, -0.1) is 0 Å². The largest absolute Gasteiger partial charge is 0.438 e. The van der Waals surface area contributed by atoms with Crippen molar-refractivity contribution in [1.82, 2.24) is 24.6 Å². The van der Waals surface area contributed by atoms with Crippen LogP contribution in [0.5, 0.6) is 0 Å². The van der Waals surface area contributed by atoms with Crippen LogP contribution in [0.1, 0.15) is 48.0 Å². The van der Waals surface area contributed by atoms with Crippen LogP contribution in [0.4, 0.5) is 10.1 Å². The highest BCUT2D eigenvalue weighted by Crippen LogP contribution is 2.42. The summed E-state index contributed by atoms with van der Waals surface area (Å²) in [5, 5.41) is 5.82. The fourth-order valence-electron chi connectivity index (χ4n) is 7.62. The number of hydrogen-bond donors (Lipinski definition) is 0. The number of halogens is 1. The molecule has 1 aliphatic heterocycles. The topological polar surface area (TPSA) is 72.5 Å². The minimum absolute atomic E-state index is 0.285. The summed E-state index contributed by atoms with van der Waals surface area (Å²) >= 11 is 0. The van der Waals surface area contributed by atoms with E-state index < -0.39 is 8.32 Å². The van der Waals surface area contributed by atoms with Crippen molar-refractivity contribution < 1.29 is 13.2 Å². The van der Waals surface area contributed by atoms with Crippen LogP contribution in [-0.2, 0) is 11.0 Å². The molecule has 0 saturated carbocycles. The number of nitrogens with zero attached hydrogens (tertiary/aromatic N) is 6. The van der Waals surface area contributed by atoms with Crippen LogP contribution in [0.15, 0.2) is 71.5 Å². The highest BCUT2D eigenvalue weighted by Gasteiger charge is 2.44. The van der Waals surface area contributed by atoms with Gasteiger partial charge in [-0.3, -0.25) is 4.68 Å². The normalized spacial score (nSPS) is 14.7. The molecule has 6 rings (SSSR count). The smallest absolute Gasteiger partial charge is 0.230 e. The van der Waals surface area contributed by atoms with Crippen molar-refractivity contribution in [2.75, 3.05) is 44.7 Å². The number of anilines is 1. The molecular formula is C38H49FN6O2Si. The summed E-state index contributed by atoms with van der Waals surface area (Å²) in [6.07, 6.45) is 4.41. The van der Waals surface area contributed by atoms with E-state index in [1.54, 1.807) is 12.1 Å². The van der Waals surface area contributed by atoms with Crippen molar-refractivity contribution in [3.63, 3.8) is 0 Å². The Hall–Kier alpha value is -3.86. The standard InChI is InChI=1S/C38H49FN6O2Si/c1-26(2)48(27(3)4,28(5)6)46-22-8-17-45-24-34(36(42-45)30-9-13-31(39)14-10-30)37-33-23-35(47-38(33)41-25-40-37)29-11-15-32(16-12-29)44-20-18-43(7)19-21-44/h9-16,23-28H,8,17-22H2,1-7H3. The van der Waals surface area contributed by atoms with E-state index in [1.165, 1.54) is 24.1 Å². The second-order valence-corrected chi connectivity index (χ2v) is 19.5. The average Bonchev–Trinajstić information content (AvgIpc) is 3.70. The molecule has 0 unspecified atom stereocenters. The Balaban J connectivity index is 1.28. The van der Waals surface area contributed by atoms with Crippen LogP contribution >= 0.6 is 0 Å². The van der Waals surface area contributed by atoms with Gasteiger partial charge in [-0.25, -0.2) is 14.4 Å². The number of fused-ring (bicyclic) bond motifs is 1. The molecule has 1 saturated heterocycles. The molecule has 8 nitrogen and oxygen atoms in total. The number of benzene rings is 2. The Labute approximate surface area is 285 Å². The fraction of sp³-hybridized carbons (Fsp3) is 0.447. The van der Waals surface area contributed by atoms with Crippen molar-refractivity contribution in [3.05, 3.63) is 72.9 Å². The molecular weight excluding hydrogens is 620 g/mol. The first kappa shape index (κ1) is 34.0. The number of likely N-dealkylation sites (N-methyl/N-ethyl adjacent to an activating group) is 1. The van der Waals surface area contributed by atoms with Gasteiger partial charge in [-0.2, -0.15) is 5.10 Å². The summed E-state index contributed by atoms with van der Waals surface area (Å²) in [4.78, 5) is 14.0. The number of aromatic nitrogens is 4. The van der Waals surface area contributed by atoms with Gasteiger partial charge in [-0.1, -0.05) is 41.5 Å². The van der Waals surface area contributed by atoms with Crippen LogP contribution in [-0.4, -0.2) is 72.8 Å².